The van der Waals surface area contributed by atoms with Gasteiger partial charge in [0, 0.05) is 17.7 Å². The number of halogens is 3. The number of amides is 1. The van der Waals surface area contributed by atoms with Gasteiger partial charge < -0.3 is 20.5 Å². The number of pyridine rings is 1. The quantitative estimate of drug-likeness (QED) is 0.565. The second kappa shape index (κ2) is 8.97. The summed E-state index contributed by atoms with van der Waals surface area (Å²) < 4.78 is 38.0. The summed E-state index contributed by atoms with van der Waals surface area (Å²) in [4.78, 5) is 28.7. The van der Waals surface area contributed by atoms with Crippen molar-refractivity contribution in [2.24, 2.45) is 0 Å². The van der Waals surface area contributed by atoms with E-state index in [0.29, 0.717) is 5.56 Å². The molecule has 0 saturated heterocycles. The number of hydrogen-bond acceptors (Lipinski definition) is 6. The third kappa shape index (κ3) is 4.41. The highest BCUT2D eigenvalue weighted by atomic mass is 35.5. The number of methoxy groups -OCH3 is 2. The fraction of sp³-hybridized carbons (Fsp3) is 0.0952. The summed E-state index contributed by atoms with van der Waals surface area (Å²) in [5, 5.41) is 2.37. The first-order valence-electron chi connectivity index (χ1n) is 8.75. The van der Waals surface area contributed by atoms with Crippen LogP contribution < -0.4 is 15.8 Å². The van der Waals surface area contributed by atoms with Gasteiger partial charge in [-0.15, -0.1) is 0 Å². The first-order valence-corrected chi connectivity index (χ1v) is 9.12. The zero-order valence-electron chi connectivity index (χ0n) is 16.3. The van der Waals surface area contributed by atoms with Gasteiger partial charge in [-0.3, -0.25) is 4.79 Å². The third-order valence-electron chi connectivity index (χ3n) is 4.29. The molecule has 3 N–H and O–H groups in total. The van der Waals surface area contributed by atoms with Crippen molar-refractivity contribution in [2.45, 2.75) is 0 Å². The highest BCUT2D eigenvalue weighted by Gasteiger charge is 2.22. The smallest absolute Gasteiger partial charge is 0.358 e. The molecule has 0 unspecified atom stereocenters. The lowest BCUT2D eigenvalue weighted by atomic mass is 10.1. The van der Waals surface area contributed by atoms with Crippen LogP contribution in [0, 0.1) is 11.6 Å². The SMILES string of the molecule is COC(=O)c1nc(-c2ccccc2NC(=O)c2c(F)cc(OC)cc2F)cc(N)c1Cl. The maximum absolute atomic E-state index is 14.3. The van der Waals surface area contributed by atoms with Crippen LogP contribution in [0.1, 0.15) is 20.8 Å². The highest BCUT2D eigenvalue weighted by molar-refractivity contribution is 6.35. The Labute approximate surface area is 180 Å². The lowest BCUT2D eigenvalue weighted by Crippen LogP contribution is -2.17. The minimum absolute atomic E-state index is 0.0560. The van der Waals surface area contributed by atoms with Crippen molar-refractivity contribution in [3.63, 3.8) is 0 Å². The molecule has 1 heterocycles. The molecular weight excluding hydrogens is 432 g/mol. The maximum Gasteiger partial charge on any atom is 0.358 e. The number of carbonyl (C=O) groups is 2. The molecule has 0 spiro atoms. The number of nitrogens with two attached hydrogens (primary N) is 1. The summed E-state index contributed by atoms with van der Waals surface area (Å²) in [7, 11) is 2.41. The summed E-state index contributed by atoms with van der Waals surface area (Å²) >= 11 is 6.04. The number of nitrogens with one attached hydrogen (secondary N) is 1. The number of anilines is 2. The Morgan fingerprint density at radius 3 is 2.35 bits per heavy atom. The molecule has 0 fully saturated rings. The van der Waals surface area contributed by atoms with Crippen molar-refractivity contribution in [2.75, 3.05) is 25.3 Å². The van der Waals surface area contributed by atoms with E-state index in [1.54, 1.807) is 18.2 Å². The number of esters is 1. The normalized spacial score (nSPS) is 10.5. The van der Waals surface area contributed by atoms with Crippen LogP contribution in [0.2, 0.25) is 5.02 Å². The summed E-state index contributed by atoms with van der Waals surface area (Å²) in [6.45, 7) is 0. The number of hydrogen-bond donors (Lipinski definition) is 2. The number of rotatable bonds is 5. The summed E-state index contributed by atoms with van der Waals surface area (Å²) in [5.74, 6) is -4.08. The van der Waals surface area contributed by atoms with Crippen molar-refractivity contribution in [1.82, 2.24) is 4.98 Å². The molecule has 0 saturated carbocycles. The summed E-state index contributed by atoms with van der Waals surface area (Å²) in [6.07, 6.45) is 0. The first-order chi connectivity index (χ1) is 14.8. The number of benzene rings is 2. The van der Waals surface area contributed by atoms with Crippen LogP contribution in [-0.4, -0.2) is 31.1 Å². The first kappa shape index (κ1) is 22.0. The molecule has 2 aromatic carbocycles. The molecule has 0 atom stereocenters. The number of para-hydroxylation sites is 1. The maximum atomic E-state index is 14.3. The molecule has 3 aromatic rings. The molecule has 160 valence electrons. The average Bonchev–Trinajstić information content (AvgIpc) is 2.74. The second-order valence-corrected chi connectivity index (χ2v) is 6.59. The molecule has 0 aliphatic heterocycles. The average molecular weight is 448 g/mol. The fourth-order valence-electron chi connectivity index (χ4n) is 2.80. The van der Waals surface area contributed by atoms with E-state index in [4.69, 9.17) is 22.1 Å². The van der Waals surface area contributed by atoms with Crippen LogP contribution >= 0.6 is 11.6 Å². The Hall–Kier alpha value is -3.72. The van der Waals surface area contributed by atoms with Crippen molar-refractivity contribution in [3.05, 3.63) is 70.4 Å². The standard InChI is InChI=1S/C21H16ClF2N3O4/c1-30-10-7-12(23)17(13(24)8-10)20(28)27-15-6-4-3-5-11(15)16-9-14(25)18(22)19(26-16)21(29)31-2/h3-9H,1-2H3,(H2,25,26)(H,27,28). The van der Waals surface area contributed by atoms with Crippen molar-refractivity contribution < 1.29 is 27.8 Å². The van der Waals surface area contributed by atoms with Crippen molar-refractivity contribution in [1.29, 1.82) is 0 Å². The topological polar surface area (TPSA) is 104 Å². The van der Waals surface area contributed by atoms with Gasteiger partial charge in [-0.2, -0.15) is 0 Å². The molecule has 31 heavy (non-hydrogen) atoms. The molecular formula is C21H16ClF2N3O4. The van der Waals surface area contributed by atoms with Gasteiger partial charge in [-0.05, 0) is 12.1 Å². The molecule has 1 amide bonds. The molecule has 7 nitrogen and oxygen atoms in total. The van der Waals surface area contributed by atoms with E-state index in [9.17, 15) is 18.4 Å². The minimum atomic E-state index is -1.09. The van der Waals surface area contributed by atoms with Crippen LogP contribution in [0.3, 0.4) is 0 Å². The monoisotopic (exact) mass is 447 g/mol. The summed E-state index contributed by atoms with van der Waals surface area (Å²) in [5.41, 5.74) is 5.63. The Morgan fingerprint density at radius 2 is 1.74 bits per heavy atom. The Morgan fingerprint density at radius 1 is 1.10 bits per heavy atom. The molecule has 10 heteroatoms. The number of nitrogen functional groups attached to an aromatic ring is 1. The number of aromatic nitrogens is 1. The largest absolute Gasteiger partial charge is 0.497 e. The van der Waals surface area contributed by atoms with E-state index in [-0.39, 0.29) is 33.5 Å². The second-order valence-electron chi connectivity index (χ2n) is 6.22. The lowest BCUT2D eigenvalue weighted by Gasteiger charge is -2.14. The Balaban J connectivity index is 2.04. The highest BCUT2D eigenvalue weighted by Crippen LogP contribution is 2.33. The van der Waals surface area contributed by atoms with Crippen molar-refractivity contribution in [3.8, 4) is 17.0 Å². The van der Waals surface area contributed by atoms with Gasteiger partial charge in [-0.1, -0.05) is 29.8 Å². The molecule has 0 radical (unpaired) electrons. The van der Waals surface area contributed by atoms with E-state index in [1.807, 2.05) is 0 Å². The van der Waals surface area contributed by atoms with Crippen LogP contribution in [0.4, 0.5) is 20.2 Å². The van der Waals surface area contributed by atoms with Gasteiger partial charge in [0.2, 0.25) is 0 Å². The third-order valence-corrected chi connectivity index (χ3v) is 4.69. The zero-order valence-corrected chi connectivity index (χ0v) is 17.1. The van der Waals surface area contributed by atoms with Crippen LogP contribution in [0.25, 0.3) is 11.3 Å². The number of nitrogens with zero attached hydrogens (tertiary/aromatic N) is 1. The van der Waals surface area contributed by atoms with Gasteiger partial charge in [-0.25, -0.2) is 18.6 Å². The Bertz CT molecular complexity index is 1160. The predicted molar refractivity (Wildman–Crippen MR) is 111 cm³/mol. The van der Waals surface area contributed by atoms with E-state index >= 15 is 0 Å². The van der Waals surface area contributed by atoms with Crippen LogP contribution in [-0.2, 0) is 4.74 Å². The lowest BCUT2D eigenvalue weighted by molar-refractivity contribution is 0.0594. The predicted octanol–water partition coefficient (Wildman–Crippen LogP) is 4.31. The van der Waals surface area contributed by atoms with E-state index in [0.717, 1.165) is 19.2 Å². The molecule has 0 aliphatic carbocycles. The van der Waals surface area contributed by atoms with Gasteiger partial charge in [0.25, 0.3) is 5.91 Å². The molecule has 0 aliphatic rings. The van der Waals surface area contributed by atoms with E-state index in [1.165, 1.54) is 19.2 Å². The fourth-order valence-corrected chi connectivity index (χ4v) is 2.98. The molecule has 1 aromatic heterocycles. The number of ether oxygens (including phenoxy) is 2. The van der Waals surface area contributed by atoms with Gasteiger partial charge in [0.15, 0.2) is 5.69 Å². The summed E-state index contributed by atoms with van der Waals surface area (Å²) in [6, 6.07) is 9.50. The Kier molecular flexibility index (Phi) is 6.36. The van der Waals surface area contributed by atoms with E-state index in [2.05, 4.69) is 15.0 Å². The van der Waals surface area contributed by atoms with Gasteiger partial charge in [0.05, 0.1) is 36.3 Å². The molecule has 0 bridgehead atoms. The van der Waals surface area contributed by atoms with Crippen LogP contribution in [0.15, 0.2) is 42.5 Å². The van der Waals surface area contributed by atoms with Crippen LogP contribution in [0.5, 0.6) is 5.75 Å². The minimum Gasteiger partial charge on any atom is -0.497 e. The zero-order chi connectivity index (χ0) is 22.7. The van der Waals surface area contributed by atoms with Crippen molar-refractivity contribution >= 4 is 34.9 Å². The van der Waals surface area contributed by atoms with Gasteiger partial charge >= 0.3 is 5.97 Å². The van der Waals surface area contributed by atoms with E-state index < -0.39 is 29.1 Å². The number of carbonyl (C=O) groups excluding carboxylic acids is 2. The van der Waals surface area contributed by atoms with Gasteiger partial charge in [0.1, 0.15) is 22.9 Å². The molecule has 3 rings (SSSR count).